The highest BCUT2D eigenvalue weighted by atomic mass is 35.5. The lowest BCUT2D eigenvalue weighted by Gasteiger charge is -2.46. The van der Waals surface area contributed by atoms with Crippen LogP contribution in [0.25, 0.3) is 0 Å². The number of fused-ring (bicyclic) bond motifs is 1. The van der Waals surface area contributed by atoms with Crippen LogP contribution in [0.2, 0.25) is 5.02 Å². The SMILES string of the molecule is Cc1cc2c(cc1Cl)C(C)(C)CC(C)C2(C)C. The first-order valence-electron chi connectivity index (χ1n) is 6.47. The first kappa shape index (κ1) is 13.0. The van der Waals surface area contributed by atoms with E-state index < -0.39 is 0 Å². The third-order valence-electron chi connectivity index (χ3n) is 4.77. The van der Waals surface area contributed by atoms with Crippen LogP contribution >= 0.6 is 11.6 Å². The second-order valence-electron chi connectivity index (χ2n) is 6.86. The maximum Gasteiger partial charge on any atom is 0.0438 e. The average molecular weight is 251 g/mol. The van der Waals surface area contributed by atoms with Crippen molar-refractivity contribution < 1.29 is 0 Å². The van der Waals surface area contributed by atoms with Crippen molar-refractivity contribution in [2.24, 2.45) is 5.92 Å². The number of hydrogen-bond acceptors (Lipinski definition) is 0. The van der Waals surface area contributed by atoms with Gasteiger partial charge in [0.1, 0.15) is 0 Å². The van der Waals surface area contributed by atoms with E-state index in [2.05, 4.69) is 53.7 Å². The van der Waals surface area contributed by atoms with E-state index in [4.69, 9.17) is 11.6 Å². The second-order valence-corrected chi connectivity index (χ2v) is 7.26. The molecule has 1 atom stereocenters. The van der Waals surface area contributed by atoms with Crippen molar-refractivity contribution in [2.45, 2.75) is 58.8 Å². The molecule has 1 aliphatic rings. The molecule has 1 aliphatic carbocycles. The Morgan fingerprint density at radius 1 is 1.12 bits per heavy atom. The first-order chi connectivity index (χ1) is 7.66. The molecule has 2 rings (SSSR count). The lowest BCUT2D eigenvalue weighted by Crippen LogP contribution is -2.40. The zero-order valence-corrected chi connectivity index (χ0v) is 12.6. The minimum atomic E-state index is 0.238. The molecule has 0 N–H and O–H groups in total. The smallest absolute Gasteiger partial charge is 0.0438 e. The Kier molecular flexibility index (Phi) is 2.86. The molecule has 1 aromatic carbocycles. The minimum absolute atomic E-state index is 0.238. The fourth-order valence-corrected chi connectivity index (χ4v) is 3.33. The van der Waals surface area contributed by atoms with Crippen LogP contribution in [0.15, 0.2) is 12.1 Å². The highest BCUT2D eigenvalue weighted by molar-refractivity contribution is 6.31. The van der Waals surface area contributed by atoms with Crippen LogP contribution in [-0.4, -0.2) is 0 Å². The Balaban J connectivity index is 2.73. The summed E-state index contributed by atoms with van der Waals surface area (Å²) in [4.78, 5) is 0. The van der Waals surface area contributed by atoms with Crippen molar-refractivity contribution in [3.05, 3.63) is 33.8 Å². The van der Waals surface area contributed by atoms with Crippen LogP contribution in [-0.2, 0) is 10.8 Å². The van der Waals surface area contributed by atoms with E-state index in [0.29, 0.717) is 5.92 Å². The fourth-order valence-electron chi connectivity index (χ4n) is 3.17. The number of benzene rings is 1. The van der Waals surface area contributed by atoms with Gasteiger partial charge in [0.2, 0.25) is 0 Å². The Morgan fingerprint density at radius 3 is 2.29 bits per heavy atom. The summed E-state index contributed by atoms with van der Waals surface area (Å²) in [7, 11) is 0. The Hall–Kier alpha value is -0.490. The van der Waals surface area contributed by atoms with Crippen molar-refractivity contribution in [3.63, 3.8) is 0 Å². The molecule has 1 aromatic rings. The topological polar surface area (TPSA) is 0 Å². The van der Waals surface area contributed by atoms with Gasteiger partial charge in [-0.25, -0.2) is 0 Å². The molecule has 0 bridgehead atoms. The predicted molar refractivity (Wildman–Crippen MR) is 76.0 cm³/mol. The van der Waals surface area contributed by atoms with Crippen LogP contribution in [0.4, 0.5) is 0 Å². The molecule has 0 aliphatic heterocycles. The van der Waals surface area contributed by atoms with Crippen LogP contribution in [0, 0.1) is 12.8 Å². The molecule has 0 heterocycles. The maximum absolute atomic E-state index is 6.30. The summed E-state index contributed by atoms with van der Waals surface area (Å²) in [5, 5.41) is 0.905. The molecule has 0 aromatic heterocycles. The summed E-state index contributed by atoms with van der Waals surface area (Å²) < 4.78 is 0. The molecule has 0 amide bonds. The van der Waals surface area contributed by atoms with Gasteiger partial charge in [0.25, 0.3) is 0 Å². The maximum atomic E-state index is 6.30. The zero-order chi connectivity index (χ0) is 13.0. The summed E-state index contributed by atoms with van der Waals surface area (Å²) in [5.41, 5.74) is 4.62. The van der Waals surface area contributed by atoms with Gasteiger partial charge in [-0.1, -0.05) is 52.3 Å². The number of aryl methyl sites for hydroxylation is 1. The van der Waals surface area contributed by atoms with Crippen LogP contribution < -0.4 is 0 Å². The zero-order valence-electron chi connectivity index (χ0n) is 11.8. The Labute approximate surface area is 110 Å². The van der Waals surface area contributed by atoms with Gasteiger partial charge < -0.3 is 0 Å². The molecular formula is C16H23Cl. The molecule has 0 nitrogen and oxygen atoms in total. The molecule has 0 radical (unpaired) electrons. The number of halogens is 1. The molecule has 94 valence electrons. The quantitative estimate of drug-likeness (QED) is 0.590. The van der Waals surface area contributed by atoms with E-state index in [1.807, 2.05) is 0 Å². The predicted octanol–water partition coefficient (Wildman–Crippen LogP) is 5.24. The molecule has 17 heavy (non-hydrogen) atoms. The van der Waals surface area contributed by atoms with Gasteiger partial charge in [0.15, 0.2) is 0 Å². The standard InChI is InChI=1S/C16H23Cl/c1-10-7-13-12(8-14(10)17)15(3,4)9-11(2)16(13,5)6/h7-8,11H,9H2,1-6H3. The van der Waals surface area contributed by atoms with E-state index in [1.165, 1.54) is 23.1 Å². The fraction of sp³-hybridized carbons (Fsp3) is 0.625. The molecule has 0 spiro atoms. The van der Waals surface area contributed by atoms with E-state index in [1.54, 1.807) is 0 Å². The van der Waals surface area contributed by atoms with Gasteiger partial charge in [-0.05, 0) is 52.8 Å². The normalized spacial score (nSPS) is 25.5. The summed E-state index contributed by atoms with van der Waals surface area (Å²) in [6, 6.07) is 4.49. The van der Waals surface area contributed by atoms with E-state index in [-0.39, 0.29) is 10.8 Å². The molecule has 1 unspecified atom stereocenters. The van der Waals surface area contributed by atoms with Gasteiger partial charge in [-0.3, -0.25) is 0 Å². The van der Waals surface area contributed by atoms with E-state index in [9.17, 15) is 0 Å². The average Bonchev–Trinajstić information content (AvgIpc) is 2.18. The van der Waals surface area contributed by atoms with Crippen LogP contribution in [0.1, 0.15) is 57.7 Å². The van der Waals surface area contributed by atoms with Gasteiger partial charge in [-0.15, -0.1) is 0 Å². The second kappa shape index (κ2) is 3.75. The van der Waals surface area contributed by atoms with Crippen molar-refractivity contribution in [3.8, 4) is 0 Å². The Bertz CT molecular complexity index is 455. The lowest BCUT2D eigenvalue weighted by molar-refractivity contribution is 0.233. The van der Waals surface area contributed by atoms with Gasteiger partial charge in [0.05, 0.1) is 0 Å². The van der Waals surface area contributed by atoms with Crippen LogP contribution in [0.3, 0.4) is 0 Å². The highest BCUT2D eigenvalue weighted by Crippen LogP contribution is 2.49. The number of rotatable bonds is 0. The Morgan fingerprint density at radius 2 is 1.71 bits per heavy atom. The van der Waals surface area contributed by atoms with Crippen LogP contribution in [0.5, 0.6) is 0 Å². The molecule has 0 saturated heterocycles. The third kappa shape index (κ3) is 1.91. The first-order valence-corrected chi connectivity index (χ1v) is 6.85. The van der Waals surface area contributed by atoms with Crippen molar-refractivity contribution in [1.29, 1.82) is 0 Å². The molecular weight excluding hydrogens is 228 g/mol. The summed E-state index contributed by atoms with van der Waals surface area (Å²) in [6.45, 7) is 13.9. The van der Waals surface area contributed by atoms with Crippen molar-refractivity contribution in [2.75, 3.05) is 0 Å². The van der Waals surface area contributed by atoms with Gasteiger partial charge in [-0.2, -0.15) is 0 Å². The van der Waals surface area contributed by atoms with E-state index in [0.717, 1.165) is 5.02 Å². The largest absolute Gasteiger partial charge is 0.0840 e. The van der Waals surface area contributed by atoms with E-state index >= 15 is 0 Å². The highest BCUT2D eigenvalue weighted by Gasteiger charge is 2.42. The molecule has 0 fully saturated rings. The van der Waals surface area contributed by atoms with Gasteiger partial charge >= 0.3 is 0 Å². The number of hydrogen-bond donors (Lipinski definition) is 0. The minimum Gasteiger partial charge on any atom is -0.0840 e. The summed E-state index contributed by atoms with van der Waals surface area (Å²) in [6.07, 6.45) is 1.23. The molecule has 1 heteroatoms. The van der Waals surface area contributed by atoms with Crippen molar-refractivity contribution in [1.82, 2.24) is 0 Å². The van der Waals surface area contributed by atoms with Gasteiger partial charge in [0, 0.05) is 5.02 Å². The molecule has 0 saturated carbocycles. The third-order valence-corrected chi connectivity index (χ3v) is 5.18. The summed E-state index contributed by atoms with van der Waals surface area (Å²) >= 11 is 6.30. The van der Waals surface area contributed by atoms with Crippen molar-refractivity contribution >= 4 is 11.6 Å². The monoisotopic (exact) mass is 250 g/mol. The lowest BCUT2D eigenvalue weighted by atomic mass is 9.58. The summed E-state index contributed by atoms with van der Waals surface area (Å²) in [5.74, 6) is 0.700.